The van der Waals surface area contributed by atoms with E-state index in [0.29, 0.717) is 32.0 Å². The number of piperazine rings is 1. The predicted molar refractivity (Wildman–Crippen MR) is 140 cm³/mol. The number of H-pyrrole nitrogens is 1. The molecule has 0 aliphatic carbocycles. The second-order valence-corrected chi connectivity index (χ2v) is 9.74. The first kappa shape index (κ1) is 25.4. The Labute approximate surface area is 208 Å². The van der Waals surface area contributed by atoms with Gasteiger partial charge >= 0.3 is 0 Å². The number of benzene rings is 1. The van der Waals surface area contributed by atoms with E-state index in [9.17, 15) is 9.59 Å². The van der Waals surface area contributed by atoms with Crippen LogP contribution in [0.15, 0.2) is 41.2 Å². The van der Waals surface area contributed by atoms with Crippen molar-refractivity contribution in [3.05, 3.63) is 58.0 Å². The zero-order valence-corrected chi connectivity index (χ0v) is 21.1. The summed E-state index contributed by atoms with van der Waals surface area (Å²) in [6.45, 7) is 10.9. The molecule has 0 radical (unpaired) electrons. The molecule has 0 atom stereocenters. The molecule has 1 aromatic heterocycles. The Morgan fingerprint density at radius 1 is 0.971 bits per heavy atom. The Morgan fingerprint density at radius 2 is 1.74 bits per heavy atom. The Bertz CT molecular complexity index is 987. The van der Waals surface area contributed by atoms with E-state index in [0.717, 1.165) is 77.2 Å². The summed E-state index contributed by atoms with van der Waals surface area (Å²) >= 11 is 0. The van der Waals surface area contributed by atoms with Crippen LogP contribution in [0.25, 0.3) is 0 Å². The summed E-state index contributed by atoms with van der Waals surface area (Å²) in [5.41, 5.74) is 2.10. The standard InChI is InChI=1S/C27H40N6O2/c1-2-3-10-26(35)32-12-7-13-33(20-19-32)27-28-24(21-25(34)29-27)22-31-17-15-30(16-18-31)14-11-23-8-5-4-6-9-23/h4-6,8-9,21H,2-3,7,10-20,22H2,1H3,(H,28,29,34). The molecule has 1 amide bonds. The van der Waals surface area contributed by atoms with Crippen LogP contribution in [-0.2, 0) is 17.8 Å². The maximum atomic E-state index is 12.4. The molecule has 1 aromatic carbocycles. The first-order chi connectivity index (χ1) is 17.1. The molecular weight excluding hydrogens is 440 g/mol. The van der Waals surface area contributed by atoms with Gasteiger partial charge in [-0.15, -0.1) is 0 Å². The van der Waals surface area contributed by atoms with E-state index >= 15 is 0 Å². The molecule has 0 saturated carbocycles. The molecule has 3 heterocycles. The third-order valence-corrected chi connectivity index (χ3v) is 7.08. The molecule has 8 nitrogen and oxygen atoms in total. The van der Waals surface area contributed by atoms with Crippen LogP contribution in [0.5, 0.6) is 0 Å². The van der Waals surface area contributed by atoms with E-state index in [4.69, 9.17) is 4.98 Å². The van der Waals surface area contributed by atoms with Crippen molar-refractivity contribution in [3.63, 3.8) is 0 Å². The monoisotopic (exact) mass is 480 g/mol. The number of aromatic amines is 1. The SMILES string of the molecule is CCCCC(=O)N1CCCN(c2nc(CN3CCN(CCc4ccccc4)CC3)cc(=O)[nH]2)CC1. The smallest absolute Gasteiger partial charge is 0.252 e. The molecule has 4 rings (SSSR count). The van der Waals surface area contributed by atoms with Crippen LogP contribution in [0.1, 0.15) is 43.9 Å². The molecule has 8 heteroatoms. The first-order valence-corrected chi connectivity index (χ1v) is 13.2. The van der Waals surface area contributed by atoms with Gasteiger partial charge in [0.2, 0.25) is 11.9 Å². The molecule has 2 saturated heterocycles. The lowest BCUT2D eigenvalue weighted by Crippen LogP contribution is -2.46. The molecule has 0 spiro atoms. The van der Waals surface area contributed by atoms with Gasteiger partial charge in [-0.05, 0) is 24.8 Å². The fraction of sp³-hybridized carbons (Fsp3) is 0.593. The Morgan fingerprint density at radius 3 is 2.51 bits per heavy atom. The van der Waals surface area contributed by atoms with E-state index in [2.05, 4.69) is 56.9 Å². The van der Waals surface area contributed by atoms with Crippen LogP contribution in [0.3, 0.4) is 0 Å². The lowest BCUT2D eigenvalue weighted by molar-refractivity contribution is -0.131. The van der Waals surface area contributed by atoms with Gasteiger partial charge in [0, 0.05) is 77.9 Å². The lowest BCUT2D eigenvalue weighted by Gasteiger charge is -2.34. The molecule has 2 aliphatic rings. The van der Waals surface area contributed by atoms with E-state index in [1.54, 1.807) is 6.07 Å². The highest BCUT2D eigenvalue weighted by atomic mass is 16.2. The van der Waals surface area contributed by atoms with Crippen LogP contribution in [0, 0.1) is 0 Å². The summed E-state index contributed by atoms with van der Waals surface area (Å²) in [5.74, 6) is 0.878. The quantitative estimate of drug-likeness (QED) is 0.594. The molecular formula is C27H40N6O2. The number of nitrogens with one attached hydrogen (secondary N) is 1. The minimum Gasteiger partial charge on any atom is -0.341 e. The molecule has 2 aliphatic heterocycles. The van der Waals surface area contributed by atoms with E-state index < -0.39 is 0 Å². The Hall–Kier alpha value is -2.71. The highest BCUT2D eigenvalue weighted by Crippen LogP contribution is 2.14. The van der Waals surface area contributed by atoms with Crippen molar-refractivity contribution in [2.24, 2.45) is 0 Å². The number of hydrogen-bond acceptors (Lipinski definition) is 6. The number of hydrogen-bond donors (Lipinski definition) is 1. The highest BCUT2D eigenvalue weighted by molar-refractivity contribution is 5.76. The van der Waals surface area contributed by atoms with Crippen LogP contribution < -0.4 is 10.5 Å². The maximum Gasteiger partial charge on any atom is 0.252 e. The number of unbranched alkanes of at least 4 members (excludes halogenated alkanes) is 1. The summed E-state index contributed by atoms with van der Waals surface area (Å²) in [6.07, 6.45) is 4.57. The lowest BCUT2D eigenvalue weighted by atomic mass is 10.1. The molecule has 1 N–H and O–H groups in total. The normalized spacial score (nSPS) is 18.0. The number of anilines is 1. The fourth-order valence-corrected chi connectivity index (χ4v) is 4.92. The third kappa shape index (κ3) is 7.64. The summed E-state index contributed by atoms with van der Waals surface area (Å²) < 4.78 is 0. The molecule has 2 fully saturated rings. The van der Waals surface area contributed by atoms with Crippen molar-refractivity contribution in [1.82, 2.24) is 24.7 Å². The van der Waals surface area contributed by atoms with Gasteiger partial charge in [0.1, 0.15) is 0 Å². The van der Waals surface area contributed by atoms with Crippen LogP contribution in [0.2, 0.25) is 0 Å². The molecule has 35 heavy (non-hydrogen) atoms. The summed E-state index contributed by atoms with van der Waals surface area (Å²) in [4.78, 5) is 41.6. The van der Waals surface area contributed by atoms with Crippen molar-refractivity contribution < 1.29 is 4.79 Å². The average Bonchev–Trinajstić information content (AvgIpc) is 3.14. The van der Waals surface area contributed by atoms with E-state index in [-0.39, 0.29) is 11.5 Å². The first-order valence-electron chi connectivity index (χ1n) is 13.2. The minimum absolute atomic E-state index is 0.105. The van der Waals surface area contributed by atoms with Gasteiger partial charge in [0.15, 0.2) is 0 Å². The second kappa shape index (κ2) is 12.8. The maximum absolute atomic E-state index is 12.4. The minimum atomic E-state index is -0.105. The molecule has 2 aromatic rings. The zero-order valence-electron chi connectivity index (χ0n) is 21.1. The molecule has 0 bridgehead atoms. The van der Waals surface area contributed by atoms with Crippen LogP contribution >= 0.6 is 0 Å². The number of rotatable bonds is 9. The topological polar surface area (TPSA) is 75.8 Å². The van der Waals surface area contributed by atoms with Crippen LogP contribution in [0.4, 0.5) is 5.95 Å². The largest absolute Gasteiger partial charge is 0.341 e. The summed E-state index contributed by atoms with van der Waals surface area (Å²) in [6, 6.07) is 12.3. The van der Waals surface area contributed by atoms with Crippen LogP contribution in [-0.4, -0.2) is 89.5 Å². The Kier molecular flexibility index (Phi) is 9.31. The number of carbonyl (C=O) groups excluding carboxylic acids is 1. The van der Waals surface area contributed by atoms with Gasteiger partial charge in [-0.2, -0.15) is 0 Å². The third-order valence-electron chi connectivity index (χ3n) is 7.08. The van der Waals surface area contributed by atoms with Gasteiger partial charge in [-0.25, -0.2) is 4.98 Å². The van der Waals surface area contributed by atoms with Crippen molar-refractivity contribution in [2.75, 3.05) is 63.8 Å². The highest BCUT2D eigenvalue weighted by Gasteiger charge is 2.21. The van der Waals surface area contributed by atoms with Gasteiger partial charge in [0.25, 0.3) is 5.56 Å². The second-order valence-electron chi connectivity index (χ2n) is 9.74. The van der Waals surface area contributed by atoms with Gasteiger partial charge in [0.05, 0.1) is 5.69 Å². The molecule has 0 unspecified atom stereocenters. The number of carbonyl (C=O) groups is 1. The number of amides is 1. The average molecular weight is 481 g/mol. The van der Waals surface area contributed by atoms with E-state index in [1.165, 1.54) is 5.56 Å². The Balaban J connectivity index is 1.28. The van der Waals surface area contributed by atoms with Gasteiger partial charge in [-0.3, -0.25) is 19.5 Å². The van der Waals surface area contributed by atoms with Gasteiger partial charge in [-0.1, -0.05) is 43.7 Å². The molecule has 190 valence electrons. The predicted octanol–water partition coefficient (Wildman–Crippen LogP) is 2.36. The summed E-state index contributed by atoms with van der Waals surface area (Å²) in [5, 5.41) is 0. The van der Waals surface area contributed by atoms with Gasteiger partial charge < -0.3 is 14.7 Å². The van der Waals surface area contributed by atoms with Crippen molar-refractivity contribution >= 4 is 11.9 Å². The van der Waals surface area contributed by atoms with Crippen molar-refractivity contribution in [2.45, 2.75) is 45.6 Å². The fourth-order valence-electron chi connectivity index (χ4n) is 4.92. The number of nitrogens with zero attached hydrogens (tertiary/aromatic N) is 5. The zero-order chi connectivity index (χ0) is 24.5. The van der Waals surface area contributed by atoms with Crippen molar-refractivity contribution in [1.29, 1.82) is 0 Å². The number of aromatic nitrogens is 2. The van der Waals surface area contributed by atoms with Crippen molar-refractivity contribution in [3.8, 4) is 0 Å². The summed E-state index contributed by atoms with van der Waals surface area (Å²) in [7, 11) is 0. The van der Waals surface area contributed by atoms with E-state index in [1.807, 2.05) is 4.90 Å².